The molecule has 0 saturated carbocycles. The quantitative estimate of drug-likeness (QED) is 0.504. The molecule has 28 heavy (non-hydrogen) atoms. The summed E-state index contributed by atoms with van der Waals surface area (Å²) >= 11 is 0. The Morgan fingerprint density at radius 2 is 2.00 bits per heavy atom. The predicted molar refractivity (Wildman–Crippen MR) is 106 cm³/mol. The lowest BCUT2D eigenvalue weighted by molar-refractivity contribution is -0.143. The van der Waals surface area contributed by atoms with Gasteiger partial charge < -0.3 is 20.7 Å². The van der Waals surface area contributed by atoms with Gasteiger partial charge in [-0.1, -0.05) is 36.4 Å². The van der Waals surface area contributed by atoms with E-state index in [0.717, 1.165) is 16.7 Å². The molecule has 2 amide bonds. The molecule has 146 valence electrons. The maximum Gasteiger partial charge on any atom is 0.270 e. The molecule has 0 aliphatic carbocycles. The summed E-state index contributed by atoms with van der Waals surface area (Å²) in [6.45, 7) is 4.70. The first-order chi connectivity index (χ1) is 13.4. The van der Waals surface area contributed by atoms with Gasteiger partial charge in [0.25, 0.3) is 11.8 Å². The Labute approximate surface area is 164 Å². The van der Waals surface area contributed by atoms with Gasteiger partial charge in [0.15, 0.2) is 0 Å². The van der Waals surface area contributed by atoms with E-state index < -0.39 is 6.23 Å². The lowest BCUT2D eigenvalue weighted by atomic mass is 10.1. The van der Waals surface area contributed by atoms with Crippen molar-refractivity contribution in [3.63, 3.8) is 0 Å². The Hall–Kier alpha value is -3.19. The number of carbonyl (C=O) groups is 2. The number of hydrogen-bond donors (Lipinski definition) is 3. The van der Waals surface area contributed by atoms with Crippen LogP contribution in [0.2, 0.25) is 0 Å². The van der Waals surface area contributed by atoms with Crippen molar-refractivity contribution in [1.29, 1.82) is 5.41 Å². The SMILES string of the molecule is CCO[C@@H](C(=O)NCc1ccc(C(=N)N)cc1)N1Cc2c(C)cccc2C1=O. The average Bonchev–Trinajstić information content (AvgIpc) is 3.02. The Morgan fingerprint density at radius 3 is 2.61 bits per heavy atom. The highest BCUT2D eigenvalue weighted by atomic mass is 16.5. The number of carbonyl (C=O) groups excluding carboxylic acids is 2. The van der Waals surface area contributed by atoms with Gasteiger partial charge in [-0.25, -0.2) is 0 Å². The fraction of sp³-hybridized carbons (Fsp3) is 0.286. The maximum atomic E-state index is 12.8. The van der Waals surface area contributed by atoms with Crippen molar-refractivity contribution >= 4 is 17.6 Å². The van der Waals surface area contributed by atoms with Crippen LogP contribution < -0.4 is 11.1 Å². The molecule has 2 aromatic carbocycles. The number of amidine groups is 1. The average molecular weight is 380 g/mol. The van der Waals surface area contributed by atoms with E-state index in [1.54, 1.807) is 37.3 Å². The van der Waals surface area contributed by atoms with Crippen LogP contribution in [0.25, 0.3) is 0 Å². The van der Waals surface area contributed by atoms with Crippen molar-refractivity contribution in [3.8, 4) is 0 Å². The third-order valence-electron chi connectivity index (χ3n) is 4.79. The van der Waals surface area contributed by atoms with Crippen LogP contribution >= 0.6 is 0 Å². The third kappa shape index (κ3) is 3.89. The number of fused-ring (bicyclic) bond motifs is 1. The van der Waals surface area contributed by atoms with Crippen molar-refractivity contribution < 1.29 is 14.3 Å². The lowest BCUT2D eigenvalue weighted by Crippen LogP contribution is -2.48. The van der Waals surface area contributed by atoms with Gasteiger partial charge in [-0.15, -0.1) is 0 Å². The van der Waals surface area contributed by atoms with Crippen LogP contribution in [-0.4, -0.2) is 35.4 Å². The number of aryl methyl sites for hydroxylation is 1. The van der Waals surface area contributed by atoms with Crippen LogP contribution in [0.5, 0.6) is 0 Å². The van der Waals surface area contributed by atoms with Crippen molar-refractivity contribution in [2.75, 3.05) is 6.61 Å². The Bertz CT molecular complexity index is 908. The molecule has 0 bridgehead atoms. The molecule has 1 aliphatic heterocycles. The highest BCUT2D eigenvalue weighted by Crippen LogP contribution is 2.27. The minimum Gasteiger partial charge on any atom is -0.384 e. The molecule has 3 rings (SSSR count). The first-order valence-corrected chi connectivity index (χ1v) is 9.14. The molecule has 1 atom stereocenters. The van der Waals surface area contributed by atoms with Gasteiger partial charge in [0.1, 0.15) is 5.84 Å². The van der Waals surface area contributed by atoms with E-state index in [4.69, 9.17) is 15.9 Å². The predicted octanol–water partition coefficient (Wildman–Crippen LogP) is 1.91. The van der Waals surface area contributed by atoms with E-state index in [0.29, 0.717) is 24.3 Å². The van der Waals surface area contributed by atoms with E-state index in [9.17, 15) is 9.59 Å². The minimum atomic E-state index is -0.985. The zero-order chi connectivity index (χ0) is 20.3. The molecule has 0 fully saturated rings. The summed E-state index contributed by atoms with van der Waals surface area (Å²) in [6, 6.07) is 12.6. The van der Waals surface area contributed by atoms with Crippen LogP contribution in [-0.2, 0) is 22.6 Å². The maximum absolute atomic E-state index is 12.8. The number of rotatable bonds is 7. The summed E-state index contributed by atoms with van der Waals surface area (Å²) in [4.78, 5) is 27.0. The Kier molecular flexibility index (Phi) is 5.75. The standard InChI is InChI=1S/C21H24N4O3/c1-3-28-21(25-12-17-13(2)5-4-6-16(17)20(25)27)19(26)24-11-14-7-9-15(10-8-14)18(22)23/h4-10,21H,3,11-12H2,1-2H3,(H3,22,23)(H,24,26)/t21-/m0/s1. The number of benzene rings is 2. The van der Waals surface area contributed by atoms with Crippen molar-refractivity contribution in [2.45, 2.75) is 33.2 Å². The summed E-state index contributed by atoms with van der Waals surface area (Å²) < 4.78 is 5.62. The van der Waals surface area contributed by atoms with Crippen molar-refractivity contribution in [2.24, 2.45) is 5.73 Å². The molecule has 0 aromatic heterocycles. The first kappa shape index (κ1) is 19.6. The fourth-order valence-corrected chi connectivity index (χ4v) is 3.24. The number of nitrogen functional groups attached to an aromatic ring is 1. The molecule has 0 saturated heterocycles. The number of nitrogens with two attached hydrogens (primary N) is 1. The highest BCUT2D eigenvalue weighted by molar-refractivity contribution is 6.01. The van der Waals surface area contributed by atoms with Gasteiger partial charge in [-0.3, -0.25) is 15.0 Å². The summed E-state index contributed by atoms with van der Waals surface area (Å²) in [5.41, 5.74) is 9.51. The normalized spacial score (nSPS) is 13.9. The van der Waals surface area contributed by atoms with Crippen LogP contribution in [0.15, 0.2) is 42.5 Å². The van der Waals surface area contributed by atoms with E-state index >= 15 is 0 Å². The number of hydrogen-bond acceptors (Lipinski definition) is 4. The second-order valence-corrected chi connectivity index (χ2v) is 6.67. The topological polar surface area (TPSA) is 109 Å². The lowest BCUT2D eigenvalue weighted by Gasteiger charge is -2.26. The third-order valence-corrected chi connectivity index (χ3v) is 4.79. The second kappa shape index (κ2) is 8.22. The van der Waals surface area contributed by atoms with E-state index in [1.165, 1.54) is 4.90 Å². The molecule has 7 heteroatoms. The first-order valence-electron chi connectivity index (χ1n) is 9.14. The minimum absolute atomic E-state index is 0.00518. The van der Waals surface area contributed by atoms with E-state index in [-0.39, 0.29) is 24.2 Å². The molecule has 1 aliphatic rings. The van der Waals surface area contributed by atoms with Gasteiger partial charge in [-0.2, -0.15) is 0 Å². The molecular formula is C21H24N4O3. The Balaban J connectivity index is 1.70. The fourth-order valence-electron chi connectivity index (χ4n) is 3.24. The largest absolute Gasteiger partial charge is 0.384 e. The molecule has 2 aromatic rings. The smallest absolute Gasteiger partial charge is 0.270 e. The highest BCUT2D eigenvalue weighted by Gasteiger charge is 2.37. The van der Waals surface area contributed by atoms with Gasteiger partial charge in [-0.05, 0) is 36.6 Å². The van der Waals surface area contributed by atoms with Gasteiger partial charge >= 0.3 is 0 Å². The zero-order valence-electron chi connectivity index (χ0n) is 16.0. The van der Waals surface area contributed by atoms with Gasteiger partial charge in [0.05, 0.1) is 6.54 Å². The van der Waals surface area contributed by atoms with Crippen LogP contribution in [0.1, 0.15) is 39.5 Å². The molecule has 0 spiro atoms. The van der Waals surface area contributed by atoms with Crippen LogP contribution in [0.3, 0.4) is 0 Å². The summed E-state index contributed by atoms with van der Waals surface area (Å²) in [6.07, 6.45) is -0.985. The molecule has 0 radical (unpaired) electrons. The van der Waals surface area contributed by atoms with Crippen LogP contribution in [0, 0.1) is 12.3 Å². The molecular weight excluding hydrogens is 356 g/mol. The molecule has 0 unspecified atom stereocenters. The van der Waals surface area contributed by atoms with Crippen LogP contribution in [0.4, 0.5) is 0 Å². The molecule has 1 heterocycles. The van der Waals surface area contributed by atoms with Gasteiger partial charge in [0, 0.05) is 24.3 Å². The summed E-state index contributed by atoms with van der Waals surface area (Å²) in [5, 5.41) is 10.2. The molecule has 7 nitrogen and oxygen atoms in total. The second-order valence-electron chi connectivity index (χ2n) is 6.67. The summed E-state index contributed by atoms with van der Waals surface area (Å²) in [5.74, 6) is -0.566. The van der Waals surface area contributed by atoms with Crippen molar-refractivity contribution in [1.82, 2.24) is 10.2 Å². The monoisotopic (exact) mass is 380 g/mol. The van der Waals surface area contributed by atoms with Gasteiger partial charge in [0.2, 0.25) is 6.23 Å². The number of nitrogens with zero attached hydrogens (tertiary/aromatic N) is 1. The zero-order valence-corrected chi connectivity index (χ0v) is 16.0. The van der Waals surface area contributed by atoms with E-state index in [1.807, 2.05) is 19.1 Å². The summed E-state index contributed by atoms with van der Waals surface area (Å²) in [7, 11) is 0. The molecule has 4 N–H and O–H groups in total. The number of ether oxygens (including phenoxy) is 1. The Morgan fingerprint density at radius 1 is 1.29 bits per heavy atom. The number of amides is 2. The number of nitrogens with one attached hydrogen (secondary N) is 2. The van der Waals surface area contributed by atoms with E-state index in [2.05, 4.69) is 5.32 Å². The van der Waals surface area contributed by atoms with Crippen molar-refractivity contribution in [3.05, 3.63) is 70.3 Å².